The smallest absolute Gasteiger partial charge is 0.323 e. The van der Waals surface area contributed by atoms with Gasteiger partial charge >= 0.3 is 5.97 Å². The zero-order valence-corrected chi connectivity index (χ0v) is 15.9. The standard InChI is InChI=1S/C20H22F2N2O4/c1-11-7-8-12(28-11)10-23-19(25)14-9-16(20(26)27-3)24(2)18(14)13-5-4-6-15(21)17(13)22/h4-8,14,16,18H,9-10H2,1-3H3,(H,23,25)/t14-,16-,18-/m0/s1. The Hall–Kier alpha value is -2.74. The maximum absolute atomic E-state index is 14.5. The number of nitrogens with one attached hydrogen (secondary N) is 1. The second kappa shape index (κ2) is 8.10. The molecule has 0 radical (unpaired) electrons. The molecule has 3 atom stereocenters. The Bertz CT molecular complexity index is 883. The van der Waals surface area contributed by atoms with Crippen molar-refractivity contribution in [3.63, 3.8) is 0 Å². The van der Waals surface area contributed by atoms with Gasteiger partial charge in [-0.3, -0.25) is 14.5 Å². The molecule has 0 bridgehead atoms. The Labute approximate surface area is 161 Å². The van der Waals surface area contributed by atoms with E-state index in [1.165, 1.54) is 19.2 Å². The lowest BCUT2D eigenvalue weighted by atomic mass is 9.91. The molecule has 1 aliphatic heterocycles. The number of aryl methyl sites for hydroxylation is 1. The van der Waals surface area contributed by atoms with Crippen molar-refractivity contribution >= 4 is 11.9 Å². The third-order valence-electron chi connectivity index (χ3n) is 5.13. The van der Waals surface area contributed by atoms with Crippen molar-refractivity contribution in [1.29, 1.82) is 0 Å². The van der Waals surface area contributed by atoms with Crippen LogP contribution in [0.3, 0.4) is 0 Å². The largest absolute Gasteiger partial charge is 0.468 e. The van der Waals surface area contributed by atoms with Crippen LogP contribution in [-0.4, -0.2) is 37.0 Å². The molecule has 0 aliphatic carbocycles. The number of likely N-dealkylation sites (N-methyl/N-ethyl adjacent to an activating group) is 1. The number of carbonyl (C=O) groups excluding carboxylic acids is 2. The summed E-state index contributed by atoms with van der Waals surface area (Å²) in [6.07, 6.45) is 0.132. The number of esters is 1. The number of nitrogens with zero attached hydrogens (tertiary/aromatic N) is 1. The molecule has 2 heterocycles. The van der Waals surface area contributed by atoms with Crippen molar-refractivity contribution in [2.24, 2.45) is 5.92 Å². The number of rotatable bonds is 5. The number of amides is 1. The molecule has 3 rings (SSSR count). The first-order valence-corrected chi connectivity index (χ1v) is 8.90. The lowest BCUT2D eigenvalue weighted by molar-refractivity contribution is -0.145. The maximum Gasteiger partial charge on any atom is 0.323 e. The molecule has 6 nitrogen and oxygen atoms in total. The molecule has 1 aromatic carbocycles. The average Bonchev–Trinajstić information content (AvgIpc) is 3.24. The van der Waals surface area contributed by atoms with E-state index in [9.17, 15) is 18.4 Å². The van der Waals surface area contributed by atoms with Crippen LogP contribution < -0.4 is 5.32 Å². The zero-order chi connectivity index (χ0) is 20.4. The number of hydrogen-bond donors (Lipinski definition) is 1. The number of carbonyl (C=O) groups is 2. The van der Waals surface area contributed by atoms with Crippen molar-refractivity contribution in [2.45, 2.75) is 32.0 Å². The van der Waals surface area contributed by atoms with Gasteiger partial charge in [0.15, 0.2) is 11.6 Å². The zero-order valence-electron chi connectivity index (χ0n) is 15.9. The van der Waals surface area contributed by atoms with Gasteiger partial charge in [0, 0.05) is 5.56 Å². The predicted molar refractivity (Wildman–Crippen MR) is 96.1 cm³/mol. The van der Waals surface area contributed by atoms with E-state index in [1.807, 2.05) is 0 Å². The number of halogens is 2. The fourth-order valence-corrected chi connectivity index (χ4v) is 3.73. The van der Waals surface area contributed by atoms with Crippen molar-refractivity contribution in [2.75, 3.05) is 14.2 Å². The minimum absolute atomic E-state index is 0.0305. The molecular weight excluding hydrogens is 370 g/mol. The summed E-state index contributed by atoms with van der Waals surface area (Å²) in [7, 11) is 2.85. The minimum Gasteiger partial charge on any atom is -0.468 e. The van der Waals surface area contributed by atoms with E-state index in [0.29, 0.717) is 5.76 Å². The molecule has 1 aliphatic rings. The van der Waals surface area contributed by atoms with Gasteiger partial charge in [-0.15, -0.1) is 0 Å². The Kier molecular flexibility index (Phi) is 5.79. The van der Waals surface area contributed by atoms with Gasteiger partial charge in [0.05, 0.1) is 25.6 Å². The van der Waals surface area contributed by atoms with E-state index >= 15 is 0 Å². The molecule has 1 saturated heterocycles. The van der Waals surface area contributed by atoms with Crippen molar-refractivity contribution in [3.05, 3.63) is 59.1 Å². The Morgan fingerprint density at radius 1 is 1.29 bits per heavy atom. The third-order valence-corrected chi connectivity index (χ3v) is 5.13. The van der Waals surface area contributed by atoms with E-state index in [1.54, 1.807) is 31.0 Å². The highest BCUT2D eigenvalue weighted by Crippen LogP contribution is 2.41. The third kappa shape index (κ3) is 3.77. The molecule has 8 heteroatoms. The number of hydrogen-bond acceptors (Lipinski definition) is 5. The lowest BCUT2D eigenvalue weighted by Gasteiger charge is -2.27. The molecule has 1 N–H and O–H groups in total. The molecule has 1 fully saturated rings. The van der Waals surface area contributed by atoms with Gasteiger partial charge in [0.25, 0.3) is 0 Å². The Morgan fingerprint density at radius 2 is 2.04 bits per heavy atom. The first-order valence-electron chi connectivity index (χ1n) is 8.90. The molecule has 1 amide bonds. The highest BCUT2D eigenvalue weighted by Gasteiger charge is 2.48. The van der Waals surface area contributed by atoms with Gasteiger partial charge in [-0.1, -0.05) is 12.1 Å². The molecular formula is C20H22F2N2O4. The predicted octanol–water partition coefficient (Wildman–Crippen LogP) is 2.72. The van der Waals surface area contributed by atoms with Crippen molar-refractivity contribution in [1.82, 2.24) is 10.2 Å². The van der Waals surface area contributed by atoms with Crippen LogP contribution in [0.1, 0.15) is 29.5 Å². The summed E-state index contributed by atoms with van der Waals surface area (Å²) in [6.45, 7) is 1.95. The van der Waals surface area contributed by atoms with E-state index in [2.05, 4.69) is 5.32 Å². The molecule has 28 heavy (non-hydrogen) atoms. The number of methoxy groups -OCH3 is 1. The fraction of sp³-hybridized carbons (Fsp3) is 0.400. The first kappa shape index (κ1) is 20.0. The van der Waals surface area contributed by atoms with Gasteiger partial charge < -0.3 is 14.5 Å². The quantitative estimate of drug-likeness (QED) is 0.793. The molecule has 2 aromatic rings. The van der Waals surface area contributed by atoms with E-state index in [0.717, 1.165) is 11.8 Å². The summed E-state index contributed by atoms with van der Waals surface area (Å²) in [5.41, 5.74) is 0.0305. The van der Waals surface area contributed by atoms with Gasteiger partial charge in [-0.2, -0.15) is 0 Å². The van der Waals surface area contributed by atoms with Crippen LogP contribution >= 0.6 is 0 Å². The fourth-order valence-electron chi connectivity index (χ4n) is 3.73. The van der Waals surface area contributed by atoms with Crippen LogP contribution in [-0.2, 0) is 20.9 Å². The highest BCUT2D eigenvalue weighted by molar-refractivity contribution is 5.83. The summed E-state index contributed by atoms with van der Waals surface area (Å²) < 4.78 is 38.5. The monoisotopic (exact) mass is 392 g/mol. The van der Waals surface area contributed by atoms with Crippen LogP contribution in [0, 0.1) is 24.5 Å². The van der Waals surface area contributed by atoms with Crippen LogP contribution in [0.4, 0.5) is 8.78 Å². The van der Waals surface area contributed by atoms with Crippen LogP contribution in [0.25, 0.3) is 0 Å². The van der Waals surface area contributed by atoms with Crippen molar-refractivity contribution in [3.8, 4) is 0 Å². The van der Waals surface area contributed by atoms with Crippen LogP contribution in [0.5, 0.6) is 0 Å². The van der Waals surface area contributed by atoms with Gasteiger partial charge in [-0.05, 0) is 38.6 Å². The van der Waals surface area contributed by atoms with Gasteiger partial charge in [0.1, 0.15) is 17.6 Å². The summed E-state index contributed by atoms with van der Waals surface area (Å²) in [5.74, 6) is -2.39. The number of likely N-dealkylation sites (tertiary alicyclic amines) is 1. The molecule has 0 unspecified atom stereocenters. The molecule has 0 saturated carbocycles. The second-order valence-corrected chi connectivity index (χ2v) is 6.86. The van der Waals surface area contributed by atoms with Crippen molar-refractivity contribution < 1.29 is 27.5 Å². The van der Waals surface area contributed by atoms with Crippen LogP contribution in [0.15, 0.2) is 34.7 Å². The molecule has 150 valence electrons. The Morgan fingerprint density at radius 3 is 2.68 bits per heavy atom. The second-order valence-electron chi connectivity index (χ2n) is 6.86. The molecule has 0 spiro atoms. The summed E-state index contributed by atoms with van der Waals surface area (Å²) in [5, 5.41) is 2.76. The summed E-state index contributed by atoms with van der Waals surface area (Å²) in [4.78, 5) is 26.5. The number of ether oxygens (including phenoxy) is 1. The molecule has 1 aromatic heterocycles. The van der Waals surface area contributed by atoms with Gasteiger partial charge in [0.2, 0.25) is 5.91 Å². The highest BCUT2D eigenvalue weighted by atomic mass is 19.2. The maximum atomic E-state index is 14.5. The Balaban J connectivity index is 1.87. The van der Waals surface area contributed by atoms with E-state index < -0.39 is 35.6 Å². The topological polar surface area (TPSA) is 71.8 Å². The summed E-state index contributed by atoms with van der Waals surface area (Å²) in [6, 6.07) is 5.81. The normalized spacial score (nSPS) is 22.2. The lowest BCUT2D eigenvalue weighted by Crippen LogP contribution is -2.36. The van der Waals surface area contributed by atoms with Crippen LogP contribution in [0.2, 0.25) is 0 Å². The first-order chi connectivity index (χ1) is 13.3. The van der Waals surface area contributed by atoms with E-state index in [4.69, 9.17) is 9.15 Å². The SMILES string of the molecule is COC(=O)[C@@H]1C[C@H](C(=O)NCc2ccc(C)o2)[C@H](c2cccc(F)c2F)N1C. The van der Waals surface area contributed by atoms with E-state index in [-0.39, 0.29) is 24.4 Å². The number of benzene rings is 1. The number of furan rings is 1. The average molecular weight is 392 g/mol. The minimum atomic E-state index is -1.02. The van der Waals surface area contributed by atoms with Gasteiger partial charge in [-0.25, -0.2) is 8.78 Å². The summed E-state index contributed by atoms with van der Waals surface area (Å²) >= 11 is 0.